The molecule has 0 aromatic carbocycles. The van der Waals surface area contributed by atoms with Gasteiger partial charge in [-0.15, -0.1) is 0 Å². The summed E-state index contributed by atoms with van der Waals surface area (Å²) in [5.74, 6) is -0.913. The smallest absolute Gasteiger partial charge is 0.462 e. The topological polar surface area (TPSA) is 108 Å². The number of nitrogens with zero attached hydrogens (tertiary/aromatic N) is 1. The van der Waals surface area contributed by atoms with Crippen LogP contribution in [0.15, 0.2) is 60.8 Å². The number of ether oxygens (including phenoxy) is 2. The number of quaternary nitrogens is 1. The van der Waals surface area contributed by atoms with Gasteiger partial charge in [0, 0.05) is 12.8 Å². The SMILES string of the molecule is CC/C=C\C/C=C\C/C=C\C/C=C\CCC(=O)OC(COC(=O)CCCCCCC/C=C\CCCCC)COP(=O)(O)OCC[N+](C)(C)C. The van der Waals surface area contributed by atoms with E-state index in [1.54, 1.807) is 0 Å². The van der Waals surface area contributed by atoms with E-state index < -0.39 is 32.5 Å². The average Bonchev–Trinajstić information content (AvgIpc) is 3.04. The third-order valence-electron chi connectivity index (χ3n) is 7.30. The number of hydrogen-bond donors (Lipinski definition) is 1. The Labute approximate surface area is 298 Å². The highest BCUT2D eigenvalue weighted by Gasteiger charge is 2.27. The second-order valence-corrected chi connectivity index (χ2v) is 14.7. The number of unbranched alkanes of at least 4 members (excludes halogenated alkanes) is 8. The Hall–Kier alpha value is -2.29. The molecular weight excluding hydrogens is 641 g/mol. The number of rotatable bonds is 32. The van der Waals surface area contributed by atoms with Crippen LogP contribution in [0.1, 0.15) is 123 Å². The second-order valence-electron chi connectivity index (χ2n) is 13.2. The third kappa shape index (κ3) is 35.3. The summed E-state index contributed by atoms with van der Waals surface area (Å²) >= 11 is 0. The van der Waals surface area contributed by atoms with Crippen molar-refractivity contribution < 1.29 is 42.1 Å². The monoisotopic (exact) mass is 710 g/mol. The fraction of sp³-hybridized carbons (Fsp3) is 0.692. The first-order valence-electron chi connectivity index (χ1n) is 18.5. The van der Waals surface area contributed by atoms with Gasteiger partial charge in [-0.2, -0.15) is 0 Å². The van der Waals surface area contributed by atoms with Crippen molar-refractivity contribution in [3.05, 3.63) is 60.8 Å². The van der Waals surface area contributed by atoms with Gasteiger partial charge in [-0.1, -0.05) is 107 Å². The summed E-state index contributed by atoms with van der Waals surface area (Å²) in [6.07, 6.45) is 35.8. The van der Waals surface area contributed by atoms with E-state index in [1.165, 1.54) is 19.3 Å². The lowest BCUT2D eigenvalue weighted by Crippen LogP contribution is -2.37. The zero-order chi connectivity index (χ0) is 36.5. The average molecular weight is 711 g/mol. The van der Waals surface area contributed by atoms with Crippen LogP contribution in [0.3, 0.4) is 0 Å². The summed E-state index contributed by atoms with van der Waals surface area (Å²) in [6.45, 7) is 4.14. The van der Waals surface area contributed by atoms with Gasteiger partial charge in [0.05, 0.1) is 27.7 Å². The maximum atomic E-state index is 12.6. The van der Waals surface area contributed by atoms with E-state index in [9.17, 15) is 19.0 Å². The zero-order valence-corrected chi connectivity index (χ0v) is 32.3. The van der Waals surface area contributed by atoms with Crippen LogP contribution in [-0.2, 0) is 32.7 Å². The summed E-state index contributed by atoms with van der Waals surface area (Å²) in [7, 11) is 1.42. The van der Waals surface area contributed by atoms with Crippen LogP contribution in [0.25, 0.3) is 0 Å². The molecule has 0 aliphatic heterocycles. The normalized spacial score (nSPS) is 14.5. The molecule has 0 aliphatic rings. The van der Waals surface area contributed by atoms with Gasteiger partial charge >= 0.3 is 19.8 Å². The number of carbonyl (C=O) groups excluding carboxylic acids is 2. The second kappa shape index (κ2) is 31.7. The van der Waals surface area contributed by atoms with E-state index in [1.807, 2.05) is 33.3 Å². The Balaban J connectivity index is 4.60. The van der Waals surface area contributed by atoms with Crippen molar-refractivity contribution in [1.29, 1.82) is 0 Å². The summed E-state index contributed by atoms with van der Waals surface area (Å²) < 4.78 is 34.0. The van der Waals surface area contributed by atoms with Crippen LogP contribution in [0.5, 0.6) is 0 Å². The fourth-order valence-electron chi connectivity index (χ4n) is 4.37. The van der Waals surface area contributed by atoms with Crippen LogP contribution in [-0.4, -0.2) is 74.9 Å². The molecule has 0 rings (SSSR count). The first-order valence-corrected chi connectivity index (χ1v) is 20.0. The fourth-order valence-corrected chi connectivity index (χ4v) is 5.11. The highest BCUT2D eigenvalue weighted by molar-refractivity contribution is 7.47. The third-order valence-corrected chi connectivity index (χ3v) is 8.28. The summed E-state index contributed by atoms with van der Waals surface area (Å²) in [6, 6.07) is 0. The van der Waals surface area contributed by atoms with E-state index in [2.05, 4.69) is 62.5 Å². The maximum Gasteiger partial charge on any atom is 0.472 e. The quantitative estimate of drug-likeness (QED) is 0.0242. The molecule has 0 aromatic heterocycles. The lowest BCUT2D eigenvalue weighted by atomic mass is 10.1. The number of likely N-dealkylation sites (N-methyl/N-ethyl adjacent to an activating group) is 1. The van der Waals surface area contributed by atoms with Gasteiger partial charge in [0.15, 0.2) is 6.10 Å². The molecule has 0 aliphatic carbocycles. The lowest BCUT2D eigenvalue weighted by molar-refractivity contribution is -0.870. The molecule has 282 valence electrons. The molecule has 10 heteroatoms. The van der Waals surface area contributed by atoms with Gasteiger partial charge in [-0.25, -0.2) is 4.57 Å². The van der Waals surface area contributed by atoms with Gasteiger partial charge in [-0.05, 0) is 64.2 Å². The van der Waals surface area contributed by atoms with Crippen molar-refractivity contribution in [3.63, 3.8) is 0 Å². The largest absolute Gasteiger partial charge is 0.472 e. The number of carbonyl (C=O) groups is 2. The molecule has 0 spiro atoms. The summed E-state index contributed by atoms with van der Waals surface area (Å²) in [5, 5.41) is 0. The molecule has 0 aromatic rings. The van der Waals surface area contributed by atoms with Gasteiger partial charge < -0.3 is 18.9 Å². The van der Waals surface area contributed by atoms with Crippen molar-refractivity contribution in [2.45, 2.75) is 129 Å². The van der Waals surface area contributed by atoms with Crippen molar-refractivity contribution in [1.82, 2.24) is 0 Å². The minimum atomic E-state index is -4.39. The van der Waals surface area contributed by atoms with Gasteiger partial charge in [0.25, 0.3) is 0 Å². The van der Waals surface area contributed by atoms with Crippen molar-refractivity contribution >= 4 is 19.8 Å². The van der Waals surface area contributed by atoms with Crippen LogP contribution >= 0.6 is 7.82 Å². The molecule has 0 saturated carbocycles. The number of hydrogen-bond acceptors (Lipinski definition) is 7. The summed E-state index contributed by atoms with van der Waals surface area (Å²) in [5.41, 5.74) is 0. The van der Waals surface area contributed by atoms with E-state index in [0.29, 0.717) is 23.9 Å². The highest BCUT2D eigenvalue weighted by atomic mass is 31.2. The standard InChI is InChI=1S/C39H68NO8P/c1-6-8-10-12-14-16-18-20-22-24-26-28-30-32-39(42)48-37(36-47-49(43,44)46-34-33-40(3,4)5)35-45-38(41)31-29-27-25-23-21-19-17-15-13-11-9-7-2/h8,10,14-17,20,22,26,28,37H,6-7,9,11-13,18-19,21,23-25,27,29-36H2,1-5H3/p+1/b10-8-,16-14-,17-15-,22-20-,28-26-. The molecule has 0 saturated heterocycles. The van der Waals surface area contributed by atoms with Crippen LogP contribution in [0, 0.1) is 0 Å². The van der Waals surface area contributed by atoms with Gasteiger partial charge in [0.2, 0.25) is 0 Å². The Bertz CT molecular complexity index is 1030. The minimum absolute atomic E-state index is 0.0152. The first kappa shape index (κ1) is 46.7. The van der Waals surface area contributed by atoms with E-state index in [0.717, 1.165) is 64.2 Å². The summed E-state index contributed by atoms with van der Waals surface area (Å²) in [4.78, 5) is 35.1. The predicted octanol–water partition coefficient (Wildman–Crippen LogP) is 9.73. The van der Waals surface area contributed by atoms with Gasteiger partial charge in [-0.3, -0.25) is 18.6 Å². The van der Waals surface area contributed by atoms with Crippen LogP contribution in [0.2, 0.25) is 0 Å². The molecule has 2 atom stereocenters. The molecule has 0 bridgehead atoms. The van der Waals surface area contributed by atoms with E-state index in [4.69, 9.17) is 18.5 Å². The van der Waals surface area contributed by atoms with Crippen molar-refractivity contribution in [2.24, 2.45) is 0 Å². The number of esters is 2. The molecule has 0 heterocycles. The van der Waals surface area contributed by atoms with E-state index in [-0.39, 0.29) is 26.1 Å². The Morgan fingerprint density at radius 1 is 0.653 bits per heavy atom. The number of allylic oxidation sites excluding steroid dienone is 10. The van der Waals surface area contributed by atoms with E-state index >= 15 is 0 Å². The zero-order valence-electron chi connectivity index (χ0n) is 31.4. The van der Waals surface area contributed by atoms with Crippen LogP contribution < -0.4 is 0 Å². The maximum absolute atomic E-state index is 12.6. The molecular formula is C39H69NO8P+. The number of phosphoric acid groups is 1. The van der Waals surface area contributed by atoms with Crippen molar-refractivity contribution in [2.75, 3.05) is 47.5 Å². The molecule has 0 fully saturated rings. The number of phosphoric ester groups is 1. The minimum Gasteiger partial charge on any atom is -0.462 e. The Morgan fingerprint density at radius 3 is 1.82 bits per heavy atom. The molecule has 1 N–H and O–H groups in total. The Morgan fingerprint density at radius 2 is 1.20 bits per heavy atom. The van der Waals surface area contributed by atoms with Crippen molar-refractivity contribution in [3.8, 4) is 0 Å². The first-order chi connectivity index (χ1) is 23.5. The Kier molecular flexibility index (Phi) is 30.2. The molecule has 0 amide bonds. The van der Waals surface area contributed by atoms with Gasteiger partial charge in [0.1, 0.15) is 19.8 Å². The molecule has 49 heavy (non-hydrogen) atoms. The molecule has 0 radical (unpaired) electrons. The lowest BCUT2D eigenvalue weighted by Gasteiger charge is -2.24. The van der Waals surface area contributed by atoms with Crippen LogP contribution in [0.4, 0.5) is 0 Å². The highest BCUT2D eigenvalue weighted by Crippen LogP contribution is 2.43. The molecule has 2 unspecified atom stereocenters. The molecule has 9 nitrogen and oxygen atoms in total. The predicted molar refractivity (Wildman–Crippen MR) is 201 cm³/mol.